The zero-order valence-electron chi connectivity index (χ0n) is 16.7. The first-order valence-electron chi connectivity index (χ1n) is 9.84. The molecule has 0 saturated heterocycles. The normalized spacial score (nSPS) is 12.5. The van der Waals surface area contributed by atoms with Crippen molar-refractivity contribution in [1.29, 1.82) is 0 Å². The molecular weight excluding hydrogens is 403 g/mol. The lowest BCUT2D eigenvalue weighted by Gasteiger charge is -2.12. The van der Waals surface area contributed by atoms with Gasteiger partial charge >= 0.3 is 0 Å². The minimum Gasteiger partial charge on any atom is -0.293 e. The number of hydrogen-bond donors (Lipinski definition) is 0. The summed E-state index contributed by atoms with van der Waals surface area (Å²) in [7, 11) is 0. The molecule has 2 aromatic carbocycles. The highest BCUT2D eigenvalue weighted by molar-refractivity contribution is 8.00. The van der Waals surface area contributed by atoms with E-state index in [-0.39, 0.29) is 17.2 Å². The van der Waals surface area contributed by atoms with Crippen molar-refractivity contribution in [1.82, 2.24) is 19.2 Å². The third-order valence-corrected chi connectivity index (χ3v) is 6.04. The SMILES string of the molecule is CCCCn1c(=O)c2ccccc2n2c(SC(C)C(=O)c3ccc(F)cc3)nnc12. The number of para-hydroxylation sites is 1. The van der Waals surface area contributed by atoms with Crippen LogP contribution in [0, 0.1) is 5.82 Å². The van der Waals surface area contributed by atoms with Crippen LogP contribution in [0.4, 0.5) is 4.39 Å². The van der Waals surface area contributed by atoms with Gasteiger partial charge in [-0.2, -0.15) is 0 Å². The molecule has 0 aliphatic rings. The van der Waals surface area contributed by atoms with E-state index in [1.54, 1.807) is 17.6 Å². The molecular formula is C22H21FN4O2S. The van der Waals surface area contributed by atoms with E-state index < -0.39 is 5.25 Å². The average Bonchev–Trinajstić information content (AvgIpc) is 3.17. The highest BCUT2D eigenvalue weighted by Gasteiger charge is 2.22. The minimum absolute atomic E-state index is 0.0917. The molecule has 0 saturated carbocycles. The number of Topliss-reactive ketones (excluding diaryl/α,β-unsaturated/α-hetero) is 1. The molecule has 0 spiro atoms. The van der Waals surface area contributed by atoms with Crippen molar-refractivity contribution in [3.8, 4) is 0 Å². The Balaban J connectivity index is 1.78. The highest BCUT2D eigenvalue weighted by Crippen LogP contribution is 2.27. The smallest absolute Gasteiger partial charge is 0.262 e. The molecule has 1 atom stereocenters. The van der Waals surface area contributed by atoms with Gasteiger partial charge in [-0.1, -0.05) is 37.2 Å². The van der Waals surface area contributed by atoms with Crippen LogP contribution in [0.5, 0.6) is 0 Å². The van der Waals surface area contributed by atoms with Gasteiger partial charge in [0.05, 0.1) is 16.2 Å². The molecule has 30 heavy (non-hydrogen) atoms. The molecule has 6 nitrogen and oxygen atoms in total. The molecule has 4 rings (SSSR count). The molecule has 0 bridgehead atoms. The lowest BCUT2D eigenvalue weighted by molar-refractivity contribution is 0.0994. The van der Waals surface area contributed by atoms with Gasteiger partial charge in [-0.15, -0.1) is 10.2 Å². The Morgan fingerprint density at radius 2 is 1.87 bits per heavy atom. The van der Waals surface area contributed by atoms with Crippen molar-refractivity contribution in [3.05, 3.63) is 70.3 Å². The van der Waals surface area contributed by atoms with Gasteiger partial charge in [-0.05, 0) is 49.7 Å². The van der Waals surface area contributed by atoms with Gasteiger partial charge in [-0.25, -0.2) is 4.39 Å². The number of ketones is 1. The van der Waals surface area contributed by atoms with Crippen molar-refractivity contribution >= 4 is 34.2 Å². The Hall–Kier alpha value is -3.00. The van der Waals surface area contributed by atoms with Crippen molar-refractivity contribution in [2.45, 2.75) is 43.6 Å². The van der Waals surface area contributed by atoms with Crippen LogP contribution >= 0.6 is 11.8 Å². The molecule has 0 radical (unpaired) electrons. The van der Waals surface area contributed by atoms with Gasteiger partial charge in [0, 0.05) is 12.1 Å². The van der Waals surface area contributed by atoms with E-state index >= 15 is 0 Å². The maximum absolute atomic E-state index is 13.2. The van der Waals surface area contributed by atoms with Crippen LogP contribution in [0.2, 0.25) is 0 Å². The van der Waals surface area contributed by atoms with E-state index in [4.69, 9.17) is 0 Å². The first-order chi connectivity index (χ1) is 14.5. The predicted molar refractivity (Wildman–Crippen MR) is 116 cm³/mol. The molecule has 154 valence electrons. The van der Waals surface area contributed by atoms with Crippen molar-refractivity contribution in [3.63, 3.8) is 0 Å². The minimum atomic E-state index is -0.461. The Kier molecular flexibility index (Phi) is 5.67. The largest absolute Gasteiger partial charge is 0.293 e. The van der Waals surface area contributed by atoms with Crippen LogP contribution in [-0.4, -0.2) is 30.2 Å². The zero-order valence-corrected chi connectivity index (χ0v) is 17.5. The summed E-state index contributed by atoms with van der Waals surface area (Å²) < 4.78 is 16.7. The van der Waals surface area contributed by atoms with Gasteiger partial charge in [0.1, 0.15) is 5.82 Å². The van der Waals surface area contributed by atoms with Crippen LogP contribution in [0.25, 0.3) is 16.7 Å². The average molecular weight is 425 g/mol. The third kappa shape index (κ3) is 3.63. The molecule has 0 aliphatic heterocycles. The summed E-state index contributed by atoms with van der Waals surface area (Å²) >= 11 is 1.27. The fourth-order valence-corrected chi connectivity index (χ4v) is 4.32. The molecule has 0 N–H and O–H groups in total. The summed E-state index contributed by atoms with van der Waals surface area (Å²) in [6.07, 6.45) is 1.80. The monoisotopic (exact) mass is 424 g/mol. The maximum Gasteiger partial charge on any atom is 0.262 e. The first kappa shape index (κ1) is 20.3. The van der Waals surface area contributed by atoms with E-state index in [2.05, 4.69) is 17.1 Å². The van der Waals surface area contributed by atoms with Crippen LogP contribution in [0.15, 0.2) is 58.5 Å². The number of halogens is 1. The summed E-state index contributed by atoms with van der Waals surface area (Å²) in [5.41, 5.74) is 1.06. The summed E-state index contributed by atoms with van der Waals surface area (Å²) in [5.74, 6) is -0.0386. The number of nitrogens with zero attached hydrogens (tertiary/aromatic N) is 4. The van der Waals surface area contributed by atoms with Crippen LogP contribution < -0.4 is 5.56 Å². The van der Waals surface area contributed by atoms with Crippen LogP contribution in [0.3, 0.4) is 0 Å². The summed E-state index contributed by atoms with van der Waals surface area (Å²) in [5, 5.41) is 9.22. The molecule has 4 aromatic rings. The summed E-state index contributed by atoms with van der Waals surface area (Å²) in [4.78, 5) is 25.8. The number of fused-ring (bicyclic) bond motifs is 3. The number of carbonyl (C=O) groups is 1. The Morgan fingerprint density at radius 1 is 1.13 bits per heavy atom. The molecule has 1 unspecified atom stereocenters. The van der Waals surface area contributed by atoms with Crippen molar-refractivity contribution < 1.29 is 9.18 Å². The van der Waals surface area contributed by atoms with Gasteiger partial charge < -0.3 is 0 Å². The topological polar surface area (TPSA) is 69.3 Å². The summed E-state index contributed by atoms with van der Waals surface area (Å²) in [6.45, 7) is 4.40. The zero-order chi connectivity index (χ0) is 21.3. The van der Waals surface area contributed by atoms with Crippen molar-refractivity contribution in [2.75, 3.05) is 0 Å². The van der Waals surface area contributed by atoms with Crippen LogP contribution in [-0.2, 0) is 6.54 Å². The molecule has 0 aliphatic carbocycles. The standard InChI is InChI=1S/C22H21FN4O2S/c1-3-4-13-26-20(29)17-7-5-6-8-18(17)27-21(26)24-25-22(27)30-14(2)19(28)15-9-11-16(23)12-10-15/h5-12,14H,3-4,13H2,1-2H3. The number of unbranched alkanes of at least 4 members (excludes halogenated alkanes) is 1. The van der Waals surface area contributed by atoms with E-state index in [9.17, 15) is 14.0 Å². The Labute approximate surface area is 176 Å². The van der Waals surface area contributed by atoms with E-state index in [0.29, 0.717) is 33.9 Å². The van der Waals surface area contributed by atoms with E-state index in [1.807, 2.05) is 22.6 Å². The molecule has 0 fully saturated rings. The van der Waals surface area contributed by atoms with Gasteiger partial charge in [-0.3, -0.25) is 18.6 Å². The van der Waals surface area contributed by atoms with E-state index in [1.165, 1.54) is 36.0 Å². The first-order valence-corrected chi connectivity index (χ1v) is 10.7. The number of carbonyl (C=O) groups excluding carboxylic acids is 1. The molecule has 2 aromatic heterocycles. The Morgan fingerprint density at radius 3 is 2.60 bits per heavy atom. The third-order valence-electron chi connectivity index (χ3n) is 4.99. The second-order valence-corrected chi connectivity index (χ2v) is 8.38. The summed E-state index contributed by atoms with van der Waals surface area (Å²) in [6, 6.07) is 12.8. The van der Waals surface area contributed by atoms with E-state index in [0.717, 1.165) is 12.8 Å². The number of aryl methyl sites for hydroxylation is 1. The second kappa shape index (κ2) is 8.39. The molecule has 8 heteroatoms. The number of benzene rings is 2. The number of thioether (sulfide) groups is 1. The molecule has 0 amide bonds. The predicted octanol–water partition coefficient (Wildman–Crippen LogP) is 4.35. The van der Waals surface area contributed by atoms with Gasteiger partial charge in [0.2, 0.25) is 5.78 Å². The lowest BCUT2D eigenvalue weighted by atomic mass is 10.1. The number of rotatable bonds is 7. The maximum atomic E-state index is 13.2. The number of hydrogen-bond acceptors (Lipinski definition) is 5. The van der Waals surface area contributed by atoms with Gasteiger partial charge in [0.25, 0.3) is 5.56 Å². The molecule has 2 heterocycles. The Bertz CT molecular complexity index is 1280. The van der Waals surface area contributed by atoms with Crippen molar-refractivity contribution in [2.24, 2.45) is 0 Å². The van der Waals surface area contributed by atoms with Crippen LogP contribution in [0.1, 0.15) is 37.0 Å². The fraction of sp³-hybridized carbons (Fsp3) is 0.273. The number of aromatic nitrogens is 4. The van der Waals surface area contributed by atoms with Gasteiger partial charge in [0.15, 0.2) is 10.9 Å². The lowest BCUT2D eigenvalue weighted by Crippen LogP contribution is -2.23. The second-order valence-electron chi connectivity index (χ2n) is 7.08. The quantitative estimate of drug-likeness (QED) is 0.326. The highest BCUT2D eigenvalue weighted by atomic mass is 32.2. The fourth-order valence-electron chi connectivity index (χ4n) is 3.39.